The highest BCUT2D eigenvalue weighted by Gasteiger charge is 2.00. The number of benzene rings is 1. The van der Waals surface area contributed by atoms with Crippen LogP contribution in [0.2, 0.25) is 0 Å². The van der Waals surface area contributed by atoms with Crippen molar-refractivity contribution in [2.45, 2.75) is 17.9 Å². The predicted molar refractivity (Wildman–Crippen MR) is 58.0 cm³/mol. The molecule has 0 saturated carbocycles. The molecule has 0 fully saturated rings. The van der Waals surface area contributed by atoms with Crippen LogP contribution in [-0.4, -0.2) is 19.0 Å². The Balaban J connectivity index is 2.41. The van der Waals surface area contributed by atoms with Crippen molar-refractivity contribution in [3.8, 4) is 0 Å². The van der Waals surface area contributed by atoms with Crippen molar-refractivity contribution >= 4 is 17.4 Å². The normalized spacial score (nSPS) is 12.8. The summed E-state index contributed by atoms with van der Waals surface area (Å²) in [5.41, 5.74) is 6.38. The van der Waals surface area contributed by atoms with Crippen molar-refractivity contribution in [2.75, 3.05) is 18.6 Å². The largest absolute Gasteiger partial charge is 0.399 e. The van der Waals surface area contributed by atoms with Crippen LogP contribution in [0.4, 0.5) is 5.69 Å². The summed E-state index contributed by atoms with van der Waals surface area (Å²) in [5, 5.41) is 0. The lowest BCUT2D eigenvalue weighted by atomic mass is 10.3. The van der Waals surface area contributed by atoms with Crippen molar-refractivity contribution in [1.82, 2.24) is 0 Å². The third-order valence-electron chi connectivity index (χ3n) is 1.77. The van der Waals surface area contributed by atoms with E-state index in [0.717, 1.165) is 11.4 Å². The third-order valence-corrected chi connectivity index (χ3v) is 3.01. The van der Waals surface area contributed by atoms with Gasteiger partial charge in [0.05, 0.1) is 6.10 Å². The van der Waals surface area contributed by atoms with Gasteiger partial charge in [-0.15, -0.1) is 11.8 Å². The molecule has 1 rings (SSSR count). The Hall–Kier alpha value is -0.670. The first-order valence-corrected chi connectivity index (χ1v) is 5.22. The number of hydrogen-bond donors (Lipinski definition) is 1. The Kier molecular flexibility index (Phi) is 4.12. The molecule has 0 bridgehead atoms. The van der Waals surface area contributed by atoms with E-state index < -0.39 is 0 Å². The fourth-order valence-corrected chi connectivity index (χ4v) is 1.74. The monoisotopic (exact) mass is 197 g/mol. The highest BCUT2D eigenvalue weighted by Crippen LogP contribution is 2.20. The zero-order valence-corrected chi connectivity index (χ0v) is 8.80. The molecule has 2 N–H and O–H groups in total. The van der Waals surface area contributed by atoms with Crippen LogP contribution in [0.25, 0.3) is 0 Å². The Morgan fingerprint density at radius 1 is 1.38 bits per heavy atom. The third kappa shape index (κ3) is 3.70. The SMILES string of the molecule is COC(C)CSc1ccc(N)cc1. The van der Waals surface area contributed by atoms with E-state index in [0.29, 0.717) is 6.10 Å². The van der Waals surface area contributed by atoms with Gasteiger partial charge in [-0.25, -0.2) is 0 Å². The van der Waals surface area contributed by atoms with Gasteiger partial charge >= 0.3 is 0 Å². The topological polar surface area (TPSA) is 35.2 Å². The van der Waals surface area contributed by atoms with E-state index in [2.05, 4.69) is 6.92 Å². The highest BCUT2D eigenvalue weighted by atomic mass is 32.2. The first kappa shape index (κ1) is 10.4. The molecular formula is C10H15NOS. The molecule has 0 radical (unpaired) electrons. The molecule has 0 aliphatic carbocycles. The van der Waals surface area contributed by atoms with Crippen molar-refractivity contribution in [3.05, 3.63) is 24.3 Å². The number of ether oxygens (including phenoxy) is 1. The maximum absolute atomic E-state index is 5.57. The Morgan fingerprint density at radius 2 is 2.00 bits per heavy atom. The molecule has 1 aromatic carbocycles. The minimum Gasteiger partial charge on any atom is -0.399 e. The Bertz CT molecular complexity index is 248. The summed E-state index contributed by atoms with van der Waals surface area (Å²) in [6.45, 7) is 2.06. The second-order valence-electron chi connectivity index (χ2n) is 2.93. The average molecular weight is 197 g/mol. The molecule has 13 heavy (non-hydrogen) atoms. The molecule has 3 heteroatoms. The minimum atomic E-state index is 0.294. The summed E-state index contributed by atoms with van der Waals surface area (Å²) >= 11 is 1.78. The number of rotatable bonds is 4. The smallest absolute Gasteiger partial charge is 0.0637 e. The number of thioether (sulfide) groups is 1. The molecule has 0 aliphatic heterocycles. The maximum atomic E-state index is 5.57. The fraction of sp³-hybridized carbons (Fsp3) is 0.400. The van der Waals surface area contributed by atoms with E-state index in [-0.39, 0.29) is 0 Å². The van der Waals surface area contributed by atoms with Crippen LogP contribution >= 0.6 is 11.8 Å². The fourth-order valence-electron chi connectivity index (χ4n) is 0.846. The number of methoxy groups -OCH3 is 1. The van der Waals surface area contributed by atoms with Crippen molar-refractivity contribution in [2.24, 2.45) is 0 Å². The van der Waals surface area contributed by atoms with Gasteiger partial charge in [0, 0.05) is 23.4 Å². The molecule has 72 valence electrons. The lowest BCUT2D eigenvalue weighted by Crippen LogP contribution is -2.07. The first-order chi connectivity index (χ1) is 6.22. The molecule has 2 nitrogen and oxygen atoms in total. The van der Waals surface area contributed by atoms with Gasteiger partial charge in [-0.2, -0.15) is 0 Å². The molecule has 0 spiro atoms. The van der Waals surface area contributed by atoms with E-state index in [1.54, 1.807) is 18.9 Å². The van der Waals surface area contributed by atoms with Crippen molar-refractivity contribution < 1.29 is 4.74 Å². The van der Waals surface area contributed by atoms with Gasteiger partial charge in [0.2, 0.25) is 0 Å². The zero-order valence-electron chi connectivity index (χ0n) is 7.99. The van der Waals surface area contributed by atoms with Crippen molar-refractivity contribution in [3.63, 3.8) is 0 Å². The summed E-state index contributed by atoms with van der Waals surface area (Å²) in [6.07, 6.45) is 0.294. The molecule has 1 aromatic rings. The van der Waals surface area contributed by atoms with Gasteiger partial charge in [0.1, 0.15) is 0 Å². The van der Waals surface area contributed by atoms with Crippen LogP contribution in [0.1, 0.15) is 6.92 Å². The molecule has 1 unspecified atom stereocenters. The lowest BCUT2D eigenvalue weighted by Gasteiger charge is -2.08. The van der Waals surface area contributed by atoms with E-state index in [1.165, 1.54) is 4.90 Å². The van der Waals surface area contributed by atoms with E-state index >= 15 is 0 Å². The summed E-state index contributed by atoms with van der Waals surface area (Å²) in [5.74, 6) is 0.973. The zero-order chi connectivity index (χ0) is 9.68. The number of anilines is 1. The van der Waals surface area contributed by atoms with E-state index in [4.69, 9.17) is 10.5 Å². The second-order valence-corrected chi connectivity index (χ2v) is 4.02. The van der Waals surface area contributed by atoms with E-state index in [9.17, 15) is 0 Å². The summed E-state index contributed by atoms with van der Waals surface area (Å²) < 4.78 is 5.15. The molecule has 0 heterocycles. The molecule has 0 amide bonds. The van der Waals surface area contributed by atoms with Crippen LogP contribution in [0, 0.1) is 0 Å². The van der Waals surface area contributed by atoms with Gasteiger partial charge in [0.15, 0.2) is 0 Å². The molecule has 0 saturated heterocycles. The molecular weight excluding hydrogens is 182 g/mol. The van der Waals surface area contributed by atoms with Gasteiger partial charge < -0.3 is 10.5 Å². The minimum absolute atomic E-state index is 0.294. The van der Waals surface area contributed by atoms with Gasteiger partial charge in [-0.3, -0.25) is 0 Å². The first-order valence-electron chi connectivity index (χ1n) is 4.23. The van der Waals surface area contributed by atoms with Crippen LogP contribution in [0.5, 0.6) is 0 Å². The van der Waals surface area contributed by atoms with E-state index in [1.807, 2.05) is 24.3 Å². The second kappa shape index (κ2) is 5.14. The lowest BCUT2D eigenvalue weighted by molar-refractivity contribution is 0.138. The number of nitrogens with two attached hydrogens (primary N) is 1. The van der Waals surface area contributed by atoms with Gasteiger partial charge in [-0.05, 0) is 31.2 Å². The molecule has 1 atom stereocenters. The van der Waals surface area contributed by atoms with Crippen LogP contribution in [-0.2, 0) is 4.74 Å². The standard InChI is InChI=1S/C10H15NOS/c1-8(12-2)7-13-10-5-3-9(11)4-6-10/h3-6,8H,7,11H2,1-2H3. The average Bonchev–Trinajstić information content (AvgIpc) is 2.16. The predicted octanol–water partition coefficient (Wildman–Crippen LogP) is 2.40. The highest BCUT2D eigenvalue weighted by molar-refractivity contribution is 7.99. The number of nitrogen functional groups attached to an aromatic ring is 1. The van der Waals surface area contributed by atoms with Crippen LogP contribution in [0.15, 0.2) is 29.2 Å². The Labute approximate surface area is 83.5 Å². The quantitative estimate of drug-likeness (QED) is 0.594. The Morgan fingerprint density at radius 3 is 2.54 bits per heavy atom. The van der Waals surface area contributed by atoms with Gasteiger partial charge in [-0.1, -0.05) is 0 Å². The van der Waals surface area contributed by atoms with Crippen LogP contribution < -0.4 is 5.73 Å². The summed E-state index contributed by atoms with van der Waals surface area (Å²) in [7, 11) is 1.73. The van der Waals surface area contributed by atoms with Crippen LogP contribution in [0.3, 0.4) is 0 Å². The molecule has 0 aromatic heterocycles. The summed E-state index contributed by atoms with van der Waals surface area (Å²) in [6, 6.07) is 7.89. The molecule has 0 aliphatic rings. The maximum Gasteiger partial charge on any atom is 0.0637 e. The van der Waals surface area contributed by atoms with Gasteiger partial charge in [0.25, 0.3) is 0 Å². The number of hydrogen-bond acceptors (Lipinski definition) is 3. The van der Waals surface area contributed by atoms with Crippen molar-refractivity contribution in [1.29, 1.82) is 0 Å². The summed E-state index contributed by atoms with van der Waals surface area (Å²) in [4.78, 5) is 1.23.